The van der Waals surface area contributed by atoms with Gasteiger partial charge in [0.2, 0.25) is 5.91 Å². The van der Waals surface area contributed by atoms with Crippen LogP contribution in [0.2, 0.25) is 0 Å². The van der Waals surface area contributed by atoms with Gasteiger partial charge < -0.3 is 19.4 Å². The van der Waals surface area contributed by atoms with Crippen LogP contribution in [0.1, 0.15) is 48.9 Å². The van der Waals surface area contributed by atoms with E-state index in [1.54, 1.807) is 0 Å². The second-order valence-electron chi connectivity index (χ2n) is 6.94. The lowest BCUT2D eigenvalue weighted by molar-refractivity contribution is -0.133. The van der Waals surface area contributed by atoms with Crippen LogP contribution >= 0.6 is 0 Å². The maximum atomic E-state index is 12.5. The molecule has 6 heteroatoms. The SMILES string of the molecule is O=C(CC1CCNC1)N1CCc2oc(C3CCOCC3)nc2C1. The highest BCUT2D eigenvalue weighted by molar-refractivity contribution is 5.76. The fourth-order valence-electron chi connectivity index (χ4n) is 3.82. The van der Waals surface area contributed by atoms with E-state index in [9.17, 15) is 4.79 Å². The highest BCUT2D eigenvalue weighted by Crippen LogP contribution is 2.30. The first-order chi connectivity index (χ1) is 11.3. The summed E-state index contributed by atoms with van der Waals surface area (Å²) in [4.78, 5) is 19.2. The molecule has 1 atom stereocenters. The van der Waals surface area contributed by atoms with E-state index in [2.05, 4.69) is 5.32 Å². The fraction of sp³-hybridized carbons (Fsp3) is 0.765. The zero-order valence-electron chi connectivity index (χ0n) is 13.6. The Kier molecular flexibility index (Phi) is 4.35. The Morgan fingerprint density at radius 2 is 2.17 bits per heavy atom. The molecule has 23 heavy (non-hydrogen) atoms. The van der Waals surface area contributed by atoms with Crippen molar-refractivity contribution in [2.45, 2.75) is 44.6 Å². The predicted molar refractivity (Wildman–Crippen MR) is 84.0 cm³/mol. The normalized spacial score (nSPS) is 25.6. The molecule has 6 nitrogen and oxygen atoms in total. The summed E-state index contributed by atoms with van der Waals surface area (Å²) in [5.41, 5.74) is 0.968. The molecule has 1 N–H and O–H groups in total. The van der Waals surface area contributed by atoms with Crippen LogP contribution in [0.4, 0.5) is 0 Å². The first kappa shape index (κ1) is 15.1. The summed E-state index contributed by atoms with van der Waals surface area (Å²) in [5.74, 6) is 2.98. The number of ether oxygens (including phenoxy) is 1. The second-order valence-corrected chi connectivity index (χ2v) is 6.94. The second kappa shape index (κ2) is 6.61. The molecule has 4 heterocycles. The van der Waals surface area contributed by atoms with Gasteiger partial charge in [0.15, 0.2) is 5.89 Å². The molecule has 0 aromatic carbocycles. The van der Waals surface area contributed by atoms with Gasteiger partial charge in [-0.05, 0) is 38.3 Å². The molecule has 1 aromatic rings. The van der Waals surface area contributed by atoms with Crippen LogP contribution in [0.25, 0.3) is 0 Å². The molecule has 3 aliphatic rings. The van der Waals surface area contributed by atoms with Crippen molar-refractivity contribution in [3.63, 3.8) is 0 Å². The largest absolute Gasteiger partial charge is 0.445 e. The molecular weight excluding hydrogens is 294 g/mol. The smallest absolute Gasteiger partial charge is 0.223 e. The van der Waals surface area contributed by atoms with Crippen LogP contribution in [0.3, 0.4) is 0 Å². The van der Waals surface area contributed by atoms with Gasteiger partial charge >= 0.3 is 0 Å². The molecule has 1 unspecified atom stereocenters. The van der Waals surface area contributed by atoms with E-state index in [0.29, 0.717) is 24.8 Å². The summed E-state index contributed by atoms with van der Waals surface area (Å²) in [7, 11) is 0. The molecule has 0 radical (unpaired) electrons. The predicted octanol–water partition coefficient (Wildman–Crippen LogP) is 1.45. The van der Waals surface area contributed by atoms with Gasteiger partial charge in [-0.2, -0.15) is 0 Å². The standard InChI is InChI=1S/C17H25N3O3/c21-16(9-12-1-5-18-10-12)20-6-2-15-14(11-20)19-17(23-15)13-3-7-22-8-4-13/h12-13,18H,1-11H2. The minimum absolute atomic E-state index is 0.264. The van der Waals surface area contributed by atoms with Crippen molar-refractivity contribution in [3.8, 4) is 0 Å². The summed E-state index contributed by atoms with van der Waals surface area (Å²) in [6.07, 6.45) is 4.53. The van der Waals surface area contributed by atoms with E-state index in [-0.39, 0.29) is 5.91 Å². The van der Waals surface area contributed by atoms with E-state index in [1.807, 2.05) is 4.90 Å². The Labute approximate surface area is 136 Å². The van der Waals surface area contributed by atoms with E-state index in [0.717, 1.165) is 75.9 Å². The monoisotopic (exact) mass is 319 g/mol. The van der Waals surface area contributed by atoms with E-state index in [1.165, 1.54) is 0 Å². The molecule has 1 aromatic heterocycles. The average Bonchev–Trinajstić information content (AvgIpc) is 3.24. The van der Waals surface area contributed by atoms with Crippen molar-refractivity contribution in [1.29, 1.82) is 0 Å². The van der Waals surface area contributed by atoms with Gasteiger partial charge in [0.25, 0.3) is 0 Å². The van der Waals surface area contributed by atoms with Crippen molar-refractivity contribution >= 4 is 5.91 Å². The van der Waals surface area contributed by atoms with Gasteiger partial charge in [-0.1, -0.05) is 0 Å². The Balaban J connectivity index is 1.40. The van der Waals surface area contributed by atoms with Crippen LogP contribution in [0, 0.1) is 5.92 Å². The molecule has 126 valence electrons. The third-order valence-corrected chi connectivity index (χ3v) is 5.29. The van der Waals surface area contributed by atoms with E-state index in [4.69, 9.17) is 14.1 Å². The lowest BCUT2D eigenvalue weighted by Crippen LogP contribution is -2.36. The van der Waals surface area contributed by atoms with Gasteiger partial charge in [-0.15, -0.1) is 0 Å². The molecule has 4 rings (SSSR count). The number of carbonyl (C=O) groups excluding carboxylic acids is 1. The number of nitrogens with one attached hydrogen (secondary N) is 1. The number of fused-ring (bicyclic) bond motifs is 1. The quantitative estimate of drug-likeness (QED) is 0.913. The molecule has 1 amide bonds. The molecule has 2 fully saturated rings. The number of aromatic nitrogens is 1. The number of nitrogens with zero attached hydrogens (tertiary/aromatic N) is 2. The molecule has 3 aliphatic heterocycles. The van der Waals surface area contributed by atoms with Crippen molar-refractivity contribution in [3.05, 3.63) is 17.3 Å². The minimum atomic E-state index is 0.264. The number of hydrogen-bond acceptors (Lipinski definition) is 5. The van der Waals surface area contributed by atoms with Gasteiger partial charge in [0, 0.05) is 38.5 Å². The third kappa shape index (κ3) is 3.28. The summed E-state index contributed by atoms with van der Waals surface area (Å²) in [5, 5.41) is 3.33. The maximum Gasteiger partial charge on any atom is 0.223 e. The zero-order chi connectivity index (χ0) is 15.6. The maximum absolute atomic E-state index is 12.5. The Bertz CT molecular complexity index is 559. The number of hydrogen-bond donors (Lipinski definition) is 1. The van der Waals surface area contributed by atoms with E-state index >= 15 is 0 Å². The molecule has 0 saturated carbocycles. The number of rotatable bonds is 3. The van der Waals surface area contributed by atoms with E-state index < -0.39 is 0 Å². The number of carbonyl (C=O) groups is 1. The molecule has 2 saturated heterocycles. The summed E-state index contributed by atoms with van der Waals surface area (Å²) in [6.45, 7) is 4.97. The van der Waals surface area contributed by atoms with Crippen LogP contribution in [0.5, 0.6) is 0 Å². The van der Waals surface area contributed by atoms with Crippen LogP contribution in [-0.4, -0.2) is 48.6 Å². The molecule has 0 spiro atoms. The Hall–Kier alpha value is -1.40. The van der Waals surface area contributed by atoms with Crippen molar-refractivity contribution in [2.75, 3.05) is 32.8 Å². The van der Waals surface area contributed by atoms with Gasteiger partial charge in [0.1, 0.15) is 11.5 Å². The van der Waals surface area contributed by atoms with Crippen molar-refractivity contribution in [2.24, 2.45) is 5.92 Å². The topological polar surface area (TPSA) is 67.6 Å². The van der Waals surface area contributed by atoms with Crippen LogP contribution in [-0.2, 0) is 22.5 Å². The Morgan fingerprint density at radius 1 is 1.30 bits per heavy atom. The summed E-state index contributed by atoms with van der Waals surface area (Å²) < 4.78 is 11.4. The molecule has 0 aliphatic carbocycles. The van der Waals surface area contributed by atoms with Gasteiger partial charge in [-0.3, -0.25) is 4.79 Å². The summed E-state index contributed by atoms with van der Waals surface area (Å²) in [6, 6.07) is 0. The number of oxazole rings is 1. The fourth-order valence-corrected chi connectivity index (χ4v) is 3.82. The highest BCUT2D eigenvalue weighted by Gasteiger charge is 2.29. The van der Waals surface area contributed by atoms with Gasteiger partial charge in [0.05, 0.1) is 6.54 Å². The third-order valence-electron chi connectivity index (χ3n) is 5.29. The molecular formula is C17H25N3O3. The first-order valence-corrected chi connectivity index (χ1v) is 8.84. The molecule has 0 bridgehead atoms. The van der Waals surface area contributed by atoms with Crippen molar-refractivity contribution in [1.82, 2.24) is 15.2 Å². The Morgan fingerprint density at radius 3 is 2.96 bits per heavy atom. The lowest BCUT2D eigenvalue weighted by atomic mass is 10.0. The average molecular weight is 319 g/mol. The first-order valence-electron chi connectivity index (χ1n) is 8.84. The van der Waals surface area contributed by atoms with Crippen molar-refractivity contribution < 1.29 is 13.9 Å². The summed E-state index contributed by atoms with van der Waals surface area (Å²) >= 11 is 0. The minimum Gasteiger partial charge on any atom is -0.445 e. The lowest BCUT2D eigenvalue weighted by Gasteiger charge is -2.26. The zero-order valence-corrected chi connectivity index (χ0v) is 13.6. The van der Waals surface area contributed by atoms with Crippen LogP contribution in [0.15, 0.2) is 4.42 Å². The van der Waals surface area contributed by atoms with Crippen LogP contribution < -0.4 is 5.32 Å². The van der Waals surface area contributed by atoms with Gasteiger partial charge in [-0.25, -0.2) is 4.98 Å². The highest BCUT2D eigenvalue weighted by atomic mass is 16.5. The number of amides is 1.